The molecule has 0 amide bonds. The number of rotatable bonds is 2. The van der Waals surface area contributed by atoms with Gasteiger partial charge >= 0.3 is 0 Å². The molecule has 0 aliphatic carbocycles. The molecule has 2 aromatic heterocycles. The minimum Gasteiger partial charge on any atom is -0.446 e. The molecule has 7 heteroatoms. The molecule has 1 aliphatic rings. The largest absolute Gasteiger partial charge is 0.446 e. The number of nitrogens with zero attached hydrogens (tertiary/aromatic N) is 2. The molecule has 0 unspecified atom stereocenters. The number of hydrogen-bond donors (Lipinski definition) is 1. The summed E-state index contributed by atoms with van der Waals surface area (Å²) in [6, 6.07) is 3.62. The van der Waals surface area contributed by atoms with E-state index in [-0.39, 0.29) is 12.4 Å². The maximum Gasteiger partial charge on any atom is 0.238 e. The predicted octanol–water partition coefficient (Wildman–Crippen LogP) is 2.59. The van der Waals surface area contributed by atoms with Gasteiger partial charge in [-0.05, 0) is 41.0 Å². The van der Waals surface area contributed by atoms with Crippen molar-refractivity contribution in [2.45, 2.75) is 12.3 Å². The fraction of sp³-hybridized carbons (Fsp3) is 0.400. The van der Waals surface area contributed by atoms with E-state index in [9.17, 15) is 0 Å². The molecule has 17 heavy (non-hydrogen) atoms. The van der Waals surface area contributed by atoms with Crippen molar-refractivity contribution in [2.75, 3.05) is 13.1 Å². The van der Waals surface area contributed by atoms with Gasteiger partial charge in [0.1, 0.15) is 0 Å². The lowest BCUT2D eigenvalue weighted by atomic mass is 10.1. The van der Waals surface area contributed by atoms with Crippen LogP contribution in [0.15, 0.2) is 25.7 Å². The standard InChI is InChI=1S/C10H10BrN3O2.ClH/c11-8-2-1-7(15-8)9-13-10(16-14-9)6-3-4-12-5-6;/h1-2,6,12H,3-5H2;1H/t6-;/m1./s1. The Kier molecular flexibility index (Phi) is 3.86. The van der Waals surface area contributed by atoms with E-state index in [2.05, 4.69) is 31.4 Å². The van der Waals surface area contributed by atoms with Crippen molar-refractivity contribution in [2.24, 2.45) is 0 Å². The van der Waals surface area contributed by atoms with Gasteiger partial charge in [-0.3, -0.25) is 0 Å². The van der Waals surface area contributed by atoms with Crippen LogP contribution >= 0.6 is 28.3 Å². The minimum atomic E-state index is 0. The first-order valence-electron chi connectivity index (χ1n) is 5.13. The minimum absolute atomic E-state index is 0. The van der Waals surface area contributed by atoms with Crippen LogP contribution in [0.5, 0.6) is 0 Å². The topological polar surface area (TPSA) is 64.1 Å². The quantitative estimate of drug-likeness (QED) is 0.921. The Hall–Kier alpha value is -0.850. The van der Waals surface area contributed by atoms with Crippen molar-refractivity contribution in [3.63, 3.8) is 0 Å². The summed E-state index contributed by atoms with van der Waals surface area (Å²) < 4.78 is 11.3. The van der Waals surface area contributed by atoms with Crippen LogP contribution in [0.4, 0.5) is 0 Å². The van der Waals surface area contributed by atoms with Gasteiger partial charge in [-0.25, -0.2) is 0 Å². The Balaban J connectivity index is 0.00000108. The molecular weight excluding hydrogens is 309 g/mol. The zero-order valence-corrected chi connectivity index (χ0v) is 11.3. The Labute approximate surface area is 112 Å². The van der Waals surface area contributed by atoms with Crippen molar-refractivity contribution in [1.82, 2.24) is 15.5 Å². The summed E-state index contributed by atoms with van der Waals surface area (Å²) in [4.78, 5) is 4.34. The average molecular weight is 321 g/mol. The van der Waals surface area contributed by atoms with Gasteiger partial charge in [0.25, 0.3) is 0 Å². The van der Waals surface area contributed by atoms with E-state index in [4.69, 9.17) is 8.94 Å². The highest BCUT2D eigenvalue weighted by molar-refractivity contribution is 9.10. The van der Waals surface area contributed by atoms with Gasteiger partial charge in [0, 0.05) is 6.54 Å². The third-order valence-electron chi connectivity index (χ3n) is 2.64. The smallest absolute Gasteiger partial charge is 0.238 e. The summed E-state index contributed by atoms with van der Waals surface area (Å²) in [6.45, 7) is 1.91. The highest BCUT2D eigenvalue weighted by Gasteiger charge is 2.23. The van der Waals surface area contributed by atoms with Crippen molar-refractivity contribution in [1.29, 1.82) is 0 Å². The molecule has 92 valence electrons. The van der Waals surface area contributed by atoms with Crippen molar-refractivity contribution in [3.8, 4) is 11.6 Å². The molecule has 1 atom stereocenters. The van der Waals surface area contributed by atoms with Gasteiger partial charge in [-0.1, -0.05) is 5.16 Å². The monoisotopic (exact) mass is 319 g/mol. The van der Waals surface area contributed by atoms with Crippen LogP contribution in [-0.4, -0.2) is 23.2 Å². The molecule has 3 rings (SSSR count). The lowest BCUT2D eigenvalue weighted by Gasteiger charge is -1.98. The zero-order valence-electron chi connectivity index (χ0n) is 8.85. The molecule has 2 aromatic rings. The fourth-order valence-corrected chi connectivity index (χ4v) is 2.11. The fourth-order valence-electron chi connectivity index (χ4n) is 1.80. The van der Waals surface area contributed by atoms with Gasteiger partial charge in [0.15, 0.2) is 10.4 Å². The highest BCUT2D eigenvalue weighted by Crippen LogP contribution is 2.26. The van der Waals surface area contributed by atoms with E-state index < -0.39 is 0 Å². The number of halogens is 2. The van der Waals surface area contributed by atoms with Crippen LogP contribution in [0.1, 0.15) is 18.2 Å². The second kappa shape index (κ2) is 5.20. The molecular formula is C10H11BrClN3O2. The van der Waals surface area contributed by atoms with Gasteiger partial charge in [0.05, 0.1) is 5.92 Å². The SMILES string of the molecule is Brc1ccc(-c2noc([C@@H]3CCNC3)n2)o1.Cl. The lowest BCUT2D eigenvalue weighted by molar-refractivity contribution is 0.358. The second-order valence-electron chi connectivity index (χ2n) is 3.75. The van der Waals surface area contributed by atoms with Crippen LogP contribution in [0.2, 0.25) is 0 Å². The van der Waals surface area contributed by atoms with E-state index in [0.29, 0.717) is 28.1 Å². The first kappa shape index (κ1) is 12.6. The van der Waals surface area contributed by atoms with Gasteiger partial charge in [-0.15, -0.1) is 12.4 Å². The number of hydrogen-bond acceptors (Lipinski definition) is 5. The average Bonchev–Trinajstić information content (AvgIpc) is 2.97. The molecule has 0 saturated carbocycles. The van der Waals surface area contributed by atoms with E-state index in [1.807, 2.05) is 12.1 Å². The maximum absolute atomic E-state index is 5.36. The third kappa shape index (κ3) is 2.53. The first-order chi connectivity index (χ1) is 7.83. The van der Waals surface area contributed by atoms with E-state index >= 15 is 0 Å². The molecule has 0 bridgehead atoms. The van der Waals surface area contributed by atoms with Crippen LogP contribution in [-0.2, 0) is 0 Å². The molecule has 0 aromatic carbocycles. The molecule has 0 radical (unpaired) electrons. The molecule has 1 saturated heterocycles. The van der Waals surface area contributed by atoms with Crippen LogP contribution in [0, 0.1) is 0 Å². The highest BCUT2D eigenvalue weighted by atomic mass is 79.9. The van der Waals surface area contributed by atoms with Crippen LogP contribution < -0.4 is 5.32 Å². The normalized spacial score (nSPS) is 19.2. The number of furan rings is 1. The number of aromatic nitrogens is 2. The van der Waals surface area contributed by atoms with Crippen molar-refractivity contribution in [3.05, 3.63) is 22.7 Å². The Morgan fingerprint density at radius 2 is 2.29 bits per heavy atom. The Bertz CT molecular complexity index is 493. The molecule has 0 spiro atoms. The second-order valence-corrected chi connectivity index (χ2v) is 4.53. The molecule has 1 N–H and O–H groups in total. The Morgan fingerprint density at radius 1 is 1.41 bits per heavy atom. The summed E-state index contributed by atoms with van der Waals surface area (Å²) in [7, 11) is 0. The van der Waals surface area contributed by atoms with Crippen molar-refractivity contribution >= 4 is 28.3 Å². The lowest BCUT2D eigenvalue weighted by Crippen LogP contribution is -2.08. The summed E-state index contributed by atoms with van der Waals surface area (Å²) >= 11 is 3.24. The van der Waals surface area contributed by atoms with Crippen molar-refractivity contribution < 1.29 is 8.94 Å². The summed E-state index contributed by atoms with van der Waals surface area (Å²) in [5.41, 5.74) is 0. The summed E-state index contributed by atoms with van der Waals surface area (Å²) in [6.07, 6.45) is 1.05. The third-order valence-corrected chi connectivity index (χ3v) is 3.07. The van der Waals surface area contributed by atoms with Gasteiger partial charge in [0.2, 0.25) is 11.7 Å². The van der Waals surface area contributed by atoms with Crippen LogP contribution in [0.3, 0.4) is 0 Å². The van der Waals surface area contributed by atoms with E-state index in [1.54, 1.807) is 0 Å². The van der Waals surface area contributed by atoms with Gasteiger partial charge in [-0.2, -0.15) is 4.98 Å². The summed E-state index contributed by atoms with van der Waals surface area (Å²) in [5.74, 6) is 2.15. The predicted molar refractivity (Wildman–Crippen MR) is 67.2 cm³/mol. The zero-order chi connectivity index (χ0) is 11.0. The molecule has 1 aliphatic heterocycles. The Morgan fingerprint density at radius 3 is 2.94 bits per heavy atom. The van der Waals surface area contributed by atoms with Crippen LogP contribution in [0.25, 0.3) is 11.6 Å². The first-order valence-corrected chi connectivity index (χ1v) is 5.92. The molecule has 1 fully saturated rings. The van der Waals surface area contributed by atoms with E-state index in [0.717, 1.165) is 19.5 Å². The molecule has 3 heterocycles. The number of nitrogens with one attached hydrogen (secondary N) is 1. The maximum atomic E-state index is 5.36. The summed E-state index contributed by atoms with van der Waals surface area (Å²) in [5, 5.41) is 7.18. The van der Waals surface area contributed by atoms with Gasteiger partial charge < -0.3 is 14.3 Å². The van der Waals surface area contributed by atoms with E-state index in [1.165, 1.54) is 0 Å². The molecule has 5 nitrogen and oxygen atoms in total.